The zero-order valence-corrected chi connectivity index (χ0v) is 6.31. The third-order valence-electron chi connectivity index (χ3n) is 1.07. The Balaban J connectivity index is 4.19. The van der Waals surface area contributed by atoms with Crippen LogP contribution in [0.15, 0.2) is 28.8 Å². The van der Waals surface area contributed by atoms with Crippen molar-refractivity contribution in [1.82, 2.24) is 0 Å². The lowest BCUT2D eigenvalue weighted by molar-refractivity contribution is 1.42. The lowest BCUT2D eigenvalue weighted by atomic mass is 10.1. The van der Waals surface area contributed by atoms with Gasteiger partial charge in [0, 0.05) is 13.3 Å². The Labute approximate surface area is 56.8 Å². The molecule has 0 aliphatic rings. The highest BCUT2D eigenvalue weighted by Gasteiger charge is 1.87. The first-order valence-corrected chi connectivity index (χ1v) is 2.96. The van der Waals surface area contributed by atoms with Crippen molar-refractivity contribution in [1.29, 1.82) is 0 Å². The minimum atomic E-state index is 1.06. The molecule has 0 aliphatic heterocycles. The summed E-state index contributed by atoms with van der Waals surface area (Å²) in [5, 5.41) is 0. The summed E-state index contributed by atoms with van der Waals surface area (Å²) in [5.74, 6) is 0. The SMILES string of the molecule is C=C(C)/C(C=NC)=C/C. The highest BCUT2D eigenvalue weighted by atomic mass is 14.6. The van der Waals surface area contributed by atoms with Gasteiger partial charge in [0.25, 0.3) is 0 Å². The van der Waals surface area contributed by atoms with Crippen LogP contribution in [0.1, 0.15) is 13.8 Å². The van der Waals surface area contributed by atoms with Gasteiger partial charge in [-0.15, -0.1) is 0 Å². The summed E-state index contributed by atoms with van der Waals surface area (Å²) in [5.41, 5.74) is 2.17. The summed E-state index contributed by atoms with van der Waals surface area (Å²) in [6, 6.07) is 0. The first-order valence-electron chi connectivity index (χ1n) is 2.96. The molecule has 0 amide bonds. The smallest absolute Gasteiger partial charge is 0.0280 e. The van der Waals surface area contributed by atoms with Crippen molar-refractivity contribution < 1.29 is 0 Å². The van der Waals surface area contributed by atoms with Gasteiger partial charge in [-0.05, 0) is 25.0 Å². The molecule has 0 rings (SSSR count). The number of rotatable bonds is 2. The first kappa shape index (κ1) is 8.15. The van der Waals surface area contributed by atoms with E-state index in [1.165, 1.54) is 0 Å². The van der Waals surface area contributed by atoms with E-state index in [-0.39, 0.29) is 0 Å². The lowest BCUT2D eigenvalue weighted by Crippen LogP contribution is -1.83. The third kappa shape index (κ3) is 2.85. The zero-order chi connectivity index (χ0) is 7.28. The summed E-state index contributed by atoms with van der Waals surface area (Å²) in [6.07, 6.45) is 3.80. The molecule has 0 aromatic heterocycles. The van der Waals surface area contributed by atoms with Gasteiger partial charge in [-0.2, -0.15) is 0 Å². The van der Waals surface area contributed by atoms with Gasteiger partial charge >= 0.3 is 0 Å². The van der Waals surface area contributed by atoms with E-state index >= 15 is 0 Å². The second-order valence-electron chi connectivity index (χ2n) is 1.91. The second kappa shape index (κ2) is 4.07. The quantitative estimate of drug-likeness (QED) is 0.394. The predicted octanol–water partition coefficient (Wildman–Crippen LogP) is 2.21. The fourth-order valence-electron chi connectivity index (χ4n) is 0.570. The molecular formula is C8H13N. The van der Waals surface area contributed by atoms with Crippen LogP contribution in [0.25, 0.3) is 0 Å². The van der Waals surface area contributed by atoms with Crippen LogP contribution in [0.4, 0.5) is 0 Å². The fraction of sp³-hybridized carbons (Fsp3) is 0.375. The summed E-state index contributed by atoms with van der Waals surface area (Å²) in [7, 11) is 1.76. The van der Waals surface area contributed by atoms with Crippen molar-refractivity contribution in [2.75, 3.05) is 7.05 Å². The maximum absolute atomic E-state index is 3.87. The molecule has 0 saturated heterocycles. The molecule has 0 fully saturated rings. The maximum Gasteiger partial charge on any atom is 0.0280 e. The molecule has 0 bridgehead atoms. The van der Waals surface area contributed by atoms with Crippen LogP contribution >= 0.6 is 0 Å². The van der Waals surface area contributed by atoms with Gasteiger partial charge in [0.15, 0.2) is 0 Å². The van der Waals surface area contributed by atoms with Gasteiger partial charge in [-0.3, -0.25) is 4.99 Å². The molecule has 0 N–H and O–H groups in total. The minimum Gasteiger partial charge on any atom is -0.296 e. The van der Waals surface area contributed by atoms with Crippen LogP contribution in [0.2, 0.25) is 0 Å². The molecule has 0 aromatic carbocycles. The second-order valence-corrected chi connectivity index (χ2v) is 1.91. The van der Waals surface area contributed by atoms with E-state index < -0.39 is 0 Å². The van der Waals surface area contributed by atoms with Crippen LogP contribution < -0.4 is 0 Å². The lowest BCUT2D eigenvalue weighted by Gasteiger charge is -1.94. The topological polar surface area (TPSA) is 12.4 Å². The standard InChI is InChI=1S/C8H13N/c1-5-8(6-9-4)7(2)3/h5-6H,2H2,1,3-4H3/b8-5+,9-6?. The molecular weight excluding hydrogens is 110 g/mol. The van der Waals surface area contributed by atoms with E-state index in [4.69, 9.17) is 0 Å². The van der Waals surface area contributed by atoms with Crippen LogP contribution in [0.3, 0.4) is 0 Å². The van der Waals surface area contributed by atoms with E-state index in [0.29, 0.717) is 0 Å². The van der Waals surface area contributed by atoms with Crippen LogP contribution in [-0.4, -0.2) is 13.3 Å². The Morgan fingerprint density at radius 3 is 2.22 bits per heavy atom. The monoisotopic (exact) mass is 123 g/mol. The van der Waals surface area contributed by atoms with E-state index in [9.17, 15) is 0 Å². The normalized spacial score (nSPS) is 12.6. The van der Waals surface area contributed by atoms with Gasteiger partial charge < -0.3 is 0 Å². The average molecular weight is 123 g/mol. The Bertz CT molecular complexity index is 152. The molecule has 1 heteroatoms. The molecule has 0 heterocycles. The van der Waals surface area contributed by atoms with Crippen molar-refractivity contribution >= 4 is 6.21 Å². The maximum atomic E-state index is 3.87. The number of hydrogen-bond donors (Lipinski definition) is 0. The molecule has 0 aromatic rings. The Morgan fingerprint density at radius 1 is 1.56 bits per heavy atom. The molecule has 1 nitrogen and oxygen atoms in total. The van der Waals surface area contributed by atoms with Crippen LogP contribution in [-0.2, 0) is 0 Å². The molecule has 0 unspecified atom stereocenters. The summed E-state index contributed by atoms with van der Waals surface area (Å²) >= 11 is 0. The van der Waals surface area contributed by atoms with Gasteiger partial charge in [0.1, 0.15) is 0 Å². The number of hydrogen-bond acceptors (Lipinski definition) is 1. The largest absolute Gasteiger partial charge is 0.296 e. The van der Waals surface area contributed by atoms with Gasteiger partial charge in [-0.25, -0.2) is 0 Å². The van der Waals surface area contributed by atoms with Crippen molar-refractivity contribution in [2.24, 2.45) is 4.99 Å². The average Bonchev–Trinajstić information content (AvgIpc) is 1.82. The Hall–Kier alpha value is -0.850. The summed E-state index contributed by atoms with van der Waals surface area (Å²) < 4.78 is 0. The fourth-order valence-corrected chi connectivity index (χ4v) is 0.570. The predicted molar refractivity (Wildman–Crippen MR) is 43.0 cm³/mol. The summed E-state index contributed by atoms with van der Waals surface area (Å²) in [4.78, 5) is 3.87. The van der Waals surface area contributed by atoms with Gasteiger partial charge in [-0.1, -0.05) is 12.7 Å². The number of aliphatic imine (C=N–C) groups is 1. The molecule has 0 saturated carbocycles. The van der Waals surface area contributed by atoms with E-state index in [0.717, 1.165) is 11.1 Å². The molecule has 9 heavy (non-hydrogen) atoms. The Kier molecular flexibility index (Phi) is 3.69. The van der Waals surface area contributed by atoms with Crippen LogP contribution in [0, 0.1) is 0 Å². The Morgan fingerprint density at radius 2 is 2.11 bits per heavy atom. The minimum absolute atomic E-state index is 1.06. The van der Waals surface area contributed by atoms with Crippen molar-refractivity contribution in [2.45, 2.75) is 13.8 Å². The van der Waals surface area contributed by atoms with E-state index in [1.54, 1.807) is 7.05 Å². The summed E-state index contributed by atoms with van der Waals surface area (Å²) in [6.45, 7) is 7.73. The molecule has 0 spiro atoms. The first-order chi connectivity index (χ1) is 4.22. The van der Waals surface area contributed by atoms with Crippen molar-refractivity contribution in [3.8, 4) is 0 Å². The van der Waals surface area contributed by atoms with E-state index in [1.807, 2.05) is 26.1 Å². The van der Waals surface area contributed by atoms with Crippen LogP contribution in [0.5, 0.6) is 0 Å². The zero-order valence-electron chi connectivity index (χ0n) is 6.31. The number of allylic oxidation sites excluding steroid dienone is 3. The molecule has 0 aliphatic carbocycles. The third-order valence-corrected chi connectivity index (χ3v) is 1.07. The van der Waals surface area contributed by atoms with Gasteiger partial charge in [0.05, 0.1) is 0 Å². The van der Waals surface area contributed by atoms with E-state index in [2.05, 4.69) is 11.6 Å². The van der Waals surface area contributed by atoms with Gasteiger partial charge in [0.2, 0.25) is 0 Å². The highest BCUT2D eigenvalue weighted by molar-refractivity contribution is 5.83. The highest BCUT2D eigenvalue weighted by Crippen LogP contribution is 2.01. The van der Waals surface area contributed by atoms with Crippen molar-refractivity contribution in [3.05, 3.63) is 23.8 Å². The molecule has 0 atom stereocenters. The van der Waals surface area contributed by atoms with Crippen molar-refractivity contribution in [3.63, 3.8) is 0 Å². The molecule has 0 radical (unpaired) electrons. The molecule has 50 valence electrons. The number of nitrogens with zero attached hydrogens (tertiary/aromatic N) is 1.